The third-order valence-corrected chi connectivity index (χ3v) is 6.41. The minimum Gasteiger partial charge on any atom is -0.872 e. The molecule has 4 rings (SSSR count). The third-order valence-electron chi connectivity index (χ3n) is 6.16. The van der Waals surface area contributed by atoms with Crippen LogP contribution in [-0.4, -0.2) is 56.0 Å². The lowest BCUT2D eigenvalue weighted by molar-refractivity contribution is -0.908. The summed E-state index contributed by atoms with van der Waals surface area (Å²) in [5, 5.41) is 13.9. The Morgan fingerprint density at radius 3 is 2.41 bits per heavy atom. The van der Waals surface area contributed by atoms with E-state index in [0.717, 1.165) is 44.8 Å². The highest BCUT2D eigenvalue weighted by Gasteiger charge is 2.44. The molecule has 2 aliphatic rings. The number of nitrogens with zero attached hydrogens (tertiary/aromatic N) is 1. The molecule has 2 aliphatic heterocycles. The van der Waals surface area contributed by atoms with Crippen LogP contribution in [-0.2, 0) is 14.3 Å². The van der Waals surface area contributed by atoms with Gasteiger partial charge in [-0.2, -0.15) is 0 Å². The second-order valence-electron chi connectivity index (χ2n) is 8.36. The van der Waals surface area contributed by atoms with Gasteiger partial charge in [-0.05, 0) is 30.2 Å². The first-order valence-corrected chi connectivity index (χ1v) is 11.3. The van der Waals surface area contributed by atoms with E-state index in [9.17, 15) is 14.7 Å². The van der Waals surface area contributed by atoms with Crippen LogP contribution in [0.4, 0.5) is 0 Å². The van der Waals surface area contributed by atoms with E-state index >= 15 is 0 Å². The molecule has 0 aromatic heterocycles. The van der Waals surface area contributed by atoms with Crippen molar-refractivity contribution in [1.29, 1.82) is 0 Å². The van der Waals surface area contributed by atoms with Crippen molar-refractivity contribution in [2.45, 2.75) is 19.4 Å². The Balaban J connectivity index is 1.66. The number of ketones is 1. The van der Waals surface area contributed by atoms with Crippen molar-refractivity contribution in [3.05, 3.63) is 75.8 Å². The molecule has 1 unspecified atom stereocenters. The van der Waals surface area contributed by atoms with Crippen LogP contribution < -0.4 is 10.0 Å². The normalized spacial score (nSPS) is 21.3. The van der Waals surface area contributed by atoms with Gasteiger partial charge in [0.2, 0.25) is 5.78 Å². The molecule has 1 atom stereocenters. The van der Waals surface area contributed by atoms with Crippen molar-refractivity contribution >= 4 is 29.1 Å². The van der Waals surface area contributed by atoms with E-state index in [1.165, 1.54) is 4.90 Å². The number of nitrogens with one attached hydrogen (secondary N) is 1. The first kappa shape index (κ1) is 22.5. The van der Waals surface area contributed by atoms with E-state index in [1.807, 2.05) is 19.1 Å². The van der Waals surface area contributed by atoms with E-state index in [-0.39, 0.29) is 5.57 Å². The Labute approximate surface area is 193 Å². The van der Waals surface area contributed by atoms with Gasteiger partial charge in [0, 0.05) is 23.6 Å². The molecule has 168 valence electrons. The standard InChI is InChI=1S/C25H27ClN2O4/c1-17-3-5-19(6-4-17)23(29)21-22(18-7-9-20(26)10-8-18)28(25(31)24(21)30)12-2-11-27-13-15-32-16-14-27/h3-10,22,29H,2,11-16H2,1H3/b23-21+. The van der Waals surface area contributed by atoms with E-state index in [1.54, 1.807) is 41.3 Å². The summed E-state index contributed by atoms with van der Waals surface area (Å²) >= 11 is 6.06. The van der Waals surface area contributed by atoms with E-state index < -0.39 is 23.5 Å². The van der Waals surface area contributed by atoms with Gasteiger partial charge in [-0.1, -0.05) is 59.3 Å². The molecule has 0 saturated carbocycles. The zero-order valence-electron chi connectivity index (χ0n) is 18.1. The minimum absolute atomic E-state index is 0.0138. The summed E-state index contributed by atoms with van der Waals surface area (Å²) in [4.78, 5) is 29.0. The quantitative estimate of drug-likeness (QED) is 0.404. The van der Waals surface area contributed by atoms with Gasteiger partial charge in [-0.3, -0.25) is 9.59 Å². The van der Waals surface area contributed by atoms with Crippen LogP contribution in [0.3, 0.4) is 0 Å². The molecule has 1 amide bonds. The Hall–Kier alpha value is -2.67. The first-order chi connectivity index (χ1) is 15.5. The average Bonchev–Trinajstić information content (AvgIpc) is 3.05. The molecule has 0 spiro atoms. The highest BCUT2D eigenvalue weighted by molar-refractivity contribution is 6.46. The number of ether oxygens (including phenoxy) is 1. The lowest BCUT2D eigenvalue weighted by Gasteiger charge is -2.29. The van der Waals surface area contributed by atoms with Crippen LogP contribution in [0.1, 0.15) is 29.2 Å². The highest BCUT2D eigenvalue weighted by Crippen LogP contribution is 2.39. The van der Waals surface area contributed by atoms with Gasteiger partial charge in [-0.25, -0.2) is 0 Å². The van der Waals surface area contributed by atoms with Crippen LogP contribution in [0.2, 0.25) is 5.02 Å². The van der Waals surface area contributed by atoms with Crippen molar-refractivity contribution in [2.75, 3.05) is 39.4 Å². The molecule has 7 heteroatoms. The molecule has 32 heavy (non-hydrogen) atoms. The number of aryl methyl sites for hydroxylation is 1. The number of halogens is 1. The topological polar surface area (TPSA) is 74.1 Å². The zero-order valence-corrected chi connectivity index (χ0v) is 18.9. The number of amides is 1. The fourth-order valence-electron chi connectivity index (χ4n) is 4.36. The maximum atomic E-state index is 13.4. The predicted octanol–water partition coefficient (Wildman–Crippen LogP) is 1.18. The second kappa shape index (κ2) is 9.86. The minimum atomic E-state index is -0.714. The summed E-state index contributed by atoms with van der Waals surface area (Å²) in [6, 6.07) is 13.3. The van der Waals surface area contributed by atoms with Crippen LogP contribution in [0, 0.1) is 6.92 Å². The molecule has 2 fully saturated rings. The number of likely N-dealkylation sites (tertiary alicyclic amines) is 1. The molecular formula is C25H27ClN2O4. The molecule has 6 nitrogen and oxygen atoms in total. The third kappa shape index (κ3) is 4.72. The largest absolute Gasteiger partial charge is 0.872 e. The molecule has 0 bridgehead atoms. The monoisotopic (exact) mass is 454 g/mol. The van der Waals surface area contributed by atoms with E-state index in [2.05, 4.69) is 0 Å². The number of rotatable bonds is 6. The smallest absolute Gasteiger partial charge is 0.295 e. The Kier molecular flexibility index (Phi) is 6.94. The Morgan fingerprint density at radius 1 is 1.09 bits per heavy atom. The summed E-state index contributed by atoms with van der Waals surface area (Å²) in [6.07, 6.45) is 0.741. The lowest BCUT2D eigenvalue weighted by Crippen LogP contribution is -3.14. The predicted molar refractivity (Wildman–Crippen MR) is 120 cm³/mol. The van der Waals surface area contributed by atoms with Crippen molar-refractivity contribution in [2.24, 2.45) is 0 Å². The second-order valence-corrected chi connectivity index (χ2v) is 8.79. The molecule has 2 heterocycles. The highest BCUT2D eigenvalue weighted by atomic mass is 35.5. The molecule has 2 saturated heterocycles. The first-order valence-electron chi connectivity index (χ1n) is 11.0. The summed E-state index contributed by atoms with van der Waals surface area (Å²) < 4.78 is 5.40. The SMILES string of the molecule is Cc1ccc(/C([O-])=C2\C(=O)C(=O)N(CCC[NH+]3CCOCC3)C2c2ccc(Cl)cc2)cc1. The average molecular weight is 455 g/mol. The van der Waals surface area contributed by atoms with Crippen LogP contribution in [0.5, 0.6) is 0 Å². The summed E-state index contributed by atoms with van der Waals surface area (Å²) in [6.45, 7) is 6.59. The Morgan fingerprint density at radius 2 is 1.75 bits per heavy atom. The number of quaternary nitrogens is 1. The fraction of sp³-hybridized carbons (Fsp3) is 0.360. The number of carbonyl (C=O) groups excluding carboxylic acids is 2. The van der Waals surface area contributed by atoms with E-state index in [0.29, 0.717) is 22.7 Å². The van der Waals surface area contributed by atoms with Gasteiger partial charge < -0.3 is 19.6 Å². The molecule has 0 aliphatic carbocycles. The van der Waals surface area contributed by atoms with Crippen molar-refractivity contribution in [3.8, 4) is 0 Å². The lowest BCUT2D eigenvalue weighted by atomic mass is 9.95. The maximum Gasteiger partial charge on any atom is 0.295 e. The van der Waals surface area contributed by atoms with Crippen molar-refractivity contribution in [3.63, 3.8) is 0 Å². The number of carbonyl (C=O) groups is 2. The van der Waals surface area contributed by atoms with Gasteiger partial charge in [0.25, 0.3) is 5.91 Å². The van der Waals surface area contributed by atoms with Crippen LogP contribution in [0.15, 0.2) is 54.1 Å². The summed E-state index contributed by atoms with van der Waals surface area (Å²) in [5.41, 5.74) is 2.15. The van der Waals surface area contributed by atoms with Gasteiger partial charge in [0.15, 0.2) is 0 Å². The van der Waals surface area contributed by atoms with Gasteiger partial charge in [0.1, 0.15) is 13.1 Å². The van der Waals surface area contributed by atoms with Gasteiger partial charge >= 0.3 is 0 Å². The number of benzene rings is 2. The summed E-state index contributed by atoms with van der Waals surface area (Å²) in [5.74, 6) is -1.73. The number of hydrogen-bond acceptors (Lipinski definition) is 4. The maximum absolute atomic E-state index is 13.4. The number of Topliss-reactive ketones (excluding diaryl/α,β-unsaturated/α-hetero) is 1. The van der Waals surface area contributed by atoms with Crippen molar-refractivity contribution in [1.82, 2.24) is 4.90 Å². The zero-order chi connectivity index (χ0) is 22.7. The molecule has 0 radical (unpaired) electrons. The number of morpholine rings is 1. The number of hydrogen-bond donors (Lipinski definition) is 1. The van der Waals surface area contributed by atoms with E-state index in [4.69, 9.17) is 16.3 Å². The molecule has 1 N–H and O–H groups in total. The van der Waals surface area contributed by atoms with Crippen LogP contribution in [0.25, 0.3) is 5.76 Å². The summed E-state index contributed by atoms with van der Waals surface area (Å²) in [7, 11) is 0. The molecular weight excluding hydrogens is 428 g/mol. The van der Waals surface area contributed by atoms with Crippen molar-refractivity contribution < 1.29 is 24.3 Å². The van der Waals surface area contributed by atoms with Gasteiger partial charge in [0.05, 0.1) is 25.8 Å². The Bertz CT molecular complexity index is 1010. The molecule has 2 aromatic carbocycles. The van der Waals surface area contributed by atoms with Gasteiger partial charge in [-0.15, -0.1) is 0 Å². The molecule has 2 aromatic rings. The fourth-order valence-corrected chi connectivity index (χ4v) is 4.49. The van der Waals surface area contributed by atoms with Crippen LogP contribution >= 0.6 is 11.6 Å².